The van der Waals surface area contributed by atoms with Gasteiger partial charge >= 0.3 is 0 Å². The smallest absolute Gasteiger partial charge is 0.272 e. The molecule has 1 aromatic carbocycles. The van der Waals surface area contributed by atoms with Gasteiger partial charge in [-0.05, 0) is 84.4 Å². The molecule has 0 spiro atoms. The number of rotatable bonds is 8. The quantitative estimate of drug-likeness (QED) is 0.475. The molecule has 0 radical (unpaired) electrons. The van der Waals surface area contributed by atoms with Crippen LogP contribution in [0.1, 0.15) is 84.1 Å². The van der Waals surface area contributed by atoms with E-state index in [2.05, 4.69) is 51.4 Å². The molecule has 5 rings (SSSR count). The van der Waals surface area contributed by atoms with Crippen LogP contribution in [0.5, 0.6) is 0 Å². The summed E-state index contributed by atoms with van der Waals surface area (Å²) in [5.74, 6) is 1.25. The molecule has 2 unspecified atom stereocenters. The Morgan fingerprint density at radius 2 is 1.74 bits per heavy atom. The second-order valence-corrected chi connectivity index (χ2v) is 14.7. The number of carbonyl (C=O) groups excluding carboxylic acids is 1. The van der Waals surface area contributed by atoms with E-state index in [4.69, 9.17) is 4.74 Å². The van der Waals surface area contributed by atoms with E-state index in [9.17, 15) is 13.2 Å². The summed E-state index contributed by atoms with van der Waals surface area (Å²) in [6.45, 7) is 9.66. The minimum Gasteiger partial charge on any atom is -0.368 e. The van der Waals surface area contributed by atoms with E-state index in [0.717, 1.165) is 63.6 Å². The summed E-state index contributed by atoms with van der Waals surface area (Å²) in [6.07, 6.45) is 8.10. The molecule has 0 saturated carbocycles. The zero-order valence-electron chi connectivity index (χ0n) is 26.4. The molecular weight excluding hydrogens is 564 g/mol. The topological polar surface area (TPSA) is 108 Å². The van der Waals surface area contributed by atoms with Gasteiger partial charge in [0, 0.05) is 44.3 Å². The van der Waals surface area contributed by atoms with Crippen LogP contribution in [-0.2, 0) is 14.8 Å². The maximum Gasteiger partial charge on any atom is 0.272 e. The Kier molecular flexibility index (Phi) is 10.0. The molecule has 2 atom stereocenters. The van der Waals surface area contributed by atoms with Crippen molar-refractivity contribution in [1.82, 2.24) is 24.1 Å². The highest BCUT2D eigenvalue weighted by molar-refractivity contribution is 7.88. The summed E-state index contributed by atoms with van der Waals surface area (Å²) in [5, 5.41) is 3.48. The number of piperidine rings is 2. The Labute approximate surface area is 257 Å². The lowest BCUT2D eigenvalue weighted by Crippen LogP contribution is -2.52. The van der Waals surface area contributed by atoms with Crippen LogP contribution in [0.15, 0.2) is 24.3 Å². The number of sulfonamides is 1. The number of nitrogens with zero attached hydrogens (tertiary/aromatic N) is 5. The van der Waals surface area contributed by atoms with Gasteiger partial charge in [0.15, 0.2) is 0 Å². The first-order chi connectivity index (χ1) is 20.5. The van der Waals surface area contributed by atoms with Gasteiger partial charge in [-0.3, -0.25) is 4.79 Å². The van der Waals surface area contributed by atoms with Gasteiger partial charge < -0.3 is 19.9 Å². The number of aryl methyl sites for hydroxylation is 2. The summed E-state index contributed by atoms with van der Waals surface area (Å²) < 4.78 is 31.9. The molecule has 3 aliphatic heterocycles. The van der Waals surface area contributed by atoms with Crippen LogP contribution in [0.3, 0.4) is 0 Å². The lowest BCUT2D eigenvalue weighted by molar-refractivity contribution is -0.0442. The fourth-order valence-electron chi connectivity index (χ4n) is 6.85. The standard InChI is InChI=1S/C32H48N6O4S/c1-22-8-6-9-25(20-22)29-11-7-10-28(42-29)21-33-31-23(2)30(34-24(3)35-31)32(39)38-18-14-27(15-19-38)37-16-12-26(13-17-37)36(4)43(5,40)41/h6,8-9,20,26-29H,7,10-19,21H2,1-5H3,(H,33,34,35). The number of likely N-dealkylation sites (tertiary alicyclic amines) is 2. The minimum absolute atomic E-state index is 0.0357. The van der Waals surface area contributed by atoms with Crippen molar-refractivity contribution in [3.05, 3.63) is 52.5 Å². The van der Waals surface area contributed by atoms with Gasteiger partial charge in [0.2, 0.25) is 10.0 Å². The van der Waals surface area contributed by atoms with Gasteiger partial charge in [-0.2, -0.15) is 0 Å². The van der Waals surface area contributed by atoms with Gasteiger partial charge in [0.05, 0.1) is 18.5 Å². The van der Waals surface area contributed by atoms with Crippen molar-refractivity contribution in [2.75, 3.05) is 51.3 Å². The molecule has 1 N–H and O–H groups in total. The minimum atomic E-state index is -3.17. The van der Waals surface area contributed by atoms with Crippen LogP contribution < -0.4 is 5.32 Å². The first kappa shape index (κ1) is 31.8. The summed E-state index contributed by atoms with van der Waals surface area (Å²) in [6, 6.07) is 9.04. The fourth-order valence-corrected chi connectivity index (χ4v) is 7.61. The Balaban J connectivity index is 1.15. The Hall–Kier alpha value is -2.60. The van der Waals surface area contributed by atoms with Crippen LogP contribution >= 0.6 is 0 Å². The molecule has 0 bridgehead atoms. The van der Waals surface area contributed by atoms with Gasteiger partial charge in [0.1, 0.15) is 17.3 Å². The van der Waals surface area contributed by atoms with E-state index in [1.54, 1.807) is 7.05 Å². The van der Waals surface area contributed by atoms with Gasteiger partial charge in [-0.1, -0.05) is 29.8 Å². The maximum atomic E-state index is 13.7. The highest BCUT2D eigenvalue weighted by Gasteiger charge is 2.33. The largest absolute Gasteiger partial charge is 0.368 e. The number of anilines is 1. The molecular formula is C32H48N6O4S. The third kappa shape index (κ3) is 7.74. The van der Waals surface area contributed by atoms with Crippen LogP contribution in [-0.4, -0.2) is 103 Å². The number of carbonyl (C=O) groups is 1. The van der Waals surface area contributed by atoms with Crippen LogP contribution in [0.2, 0.25) is 0 Å². The van der Waals surface area contributed by atoms with Gasteiger partial charge in [-0.25, -0.2) is 22.7 Å². The summed E-state index contributed by atoms with van der Waals surface area (Å²) in [7, 11) is -1.49. The van der Waals surface area contributed by atoms with Crippen LogP contribution in [0.25, 0.3) is 0 Å². The number of benzene rings is 1. The Bertz CT molecular complexity index is 1390. The molecule has 11 heteroatoms. The molecule has 3 fully saturated rings. The van der Waals surface area contributed by atoms with Crippen molar-refractivity contribution in [3.8, 4) is 0 Å². The first-order valence-corrected chi connectivity index (χ1v) is 17.6. The van der Waals surface area contributed by atoms with E-state index in [1.807, 2.05) is 18.7 Å². The number of aromatic nitrogens is 2. The first-order valence-electron chi connectivity index (χ1n) is 15.8. The third-order valence-corrected chi connectivity index (χ3v) is 10.9. The summed E-state index contributed by atoms with van der Waals surface area (Å²) >= 11 is 0. The molecule has 43 heavy (non-hydrogen) atoms. The van der Waals surface area contributed by atoms with Crippen LogP contribution in [0.4, 0.5) is 5.82 Å². The number of hydrogen-bond donors (Lipinski definition) is 1. The average Bonchev–Trinajstić information content (AvgIpc) is 3.00. The van der Waals surface area contributed by atoms with E-state index < -0.39 is 10.0 Å². The predicted molar refractivity (Wildman–Crippen MR) is 169 cm³/mol. The molecule has 1 aromatic heterocycles. The number of ether oxygens (including phenoxy) is 1. The van der Waals surface area contributed by atoms with Gasteiger partial charge in [-0.15, -0.1) is 0 Å². The Morgan fingerprint density at radius 3 is 2.42 bits per heavy atom. The zero-order valence-corrected chi connectivity index (χ0v) is 27.2. The molecule has 1 amide bonds. The highest BCUT2D eigenvalue weighted by Crippen LogP contribution is 2.32. The molecule has 4 heterocycles. The van der Waals surface area contributed by atoms with Gasteiger partial charge in [0.25, 0.3) is 5.91 Å². The van der Waals surface area contributed by atoms with Crippen LogP contribution in [0, 0.1) is 20.8 Å². The van der Waals surface area contributed by atoms with Crippen molar-refractivity contribution in [1.29, 1.82) is 0 Å². The van der Waals surface area contributed by atoms with E-state index >= 15 is 0 Å². The zero-order chi connectivity index (χ0) is 30.7. The highest BCUT2D eigenvalue weighted by atomic mass is 32.2. The van der Waals surface area contributed by atoms with E-state index in [0.29, 0.717) is 43.0 Å². The molecule has 236 valence electrons. The second kappa shape index (κ2) is 13.6. The lowest BCUT2D eigenvalue weighted by Gasteiger charge is -2.43. The Morgan fingerprint density at radius 1 is 1.02 bits per heavy atom. The van der Waals surface area contributed by atoms with Crippen molar-refractivity contribution in [2.24, 2.45) is 0 Å². The number of hydrogen-bond acceptors (Lipinski definition) is 8. The monoisotopic (exact) mass is 612 g/mol. The molecule has 3 saturated heterocycles. The lowest BCUT2D eigenvalue weighted by atomic mass is 9.97. The van der Waals surface area contributed by atoms with Crippen molar-refractivity contribution in [3.63, 3.8) is 0 Å². The van der Waals surface area contributed by atoms with Crippen molar-refractivity contribution >= 4 is 21.7 Å². The average molecular weight is 613 g/mol. The van der Waals surface area contributed by atoms with E-state index in [1.165, 1.54) is 21.7 Å². The number of nitrogens with one attached hydrogen (secondary N) is 1. The predicted octanol–water partition coefficient (Wildman–Crippen LogP) is 4.08. The van der Waals surface area contributed by atoms with Crippen molar-refractivity contribution in [2.45, 2.75) is 90.0 Å². The molecule has 2 aromatic rings. The number of amides is 1. The maximum absolute atomic E-state index is 13.7. The summed E-state index contributed by atoms with van der Waals surface area (Å²) in [4.78, 5) is 27.3. The SMILES string of the molecule is Cc1cccc(C2CCCC(CNc3nc(C)nc(C(=O)N4CCC(N5CCC(N(C)S(C)(=O)=O)CC5)CC4)c3C)O2)c1. The fraction of sp³-hybridized carbons (Fsp3) is 0.656. The molecule has 10 nitrogen and oxygen atoms in total. The second-order valence-electron chi connectivity index (χ2n) is 12.6. The normalized spacial score (nSPS) is 23.1. The van der Waals surface area contributed by atoms with E-state index in [-0.39, 0.29) is 24.2 Å². The molecule has 3 aliphatic rings. The summed E-state index contributed by atoms with van der Waals surface area (Å²) in [5.41, 5.74) is 3.73. The van der Waals surface area contributed by atoms with Crippen molar-refractivity contribution < 1.29 is 17.9 Å². The molecule has 0 aliphatic carbocycles. The third-order valence-electron chi connectivity index (χ3n) is 9.52.